The second kappa shape index (κ2) is 8.12. The van der Waals surface area contributed by atoms with Gasteiger partial charge in [0.15, 0.2) is 0 Å². The molecule has 0 fully saturated rings. The van der Waals surface area contributed by atoms with Crippen molar-refractivity contribution in [2.45, 2.75) is 11.7 Å². The van der Waals surface area contributed by atoms with Crippen molar-refractivity contribution in [1.29, 1.82) is 0 Å². The summed E-state index contributed by atoms with van der Waals surface area (Å²) in [5.74, 6) is -0.660. The first-order valence-electron chi connectivity index (χ1n) is 9.14. The number of hydrogen-bond donors (Lipinski definition) is 2. The Kier molecular flexibility index (Phi) is 5.37. The van der Waals surface area contributed by atoms with Gasteiger partial charge >= 0.3 is 0 Å². The molecule has 3 aromatic carbocycles. The Balaban J connectivity index is 1.92. The Hall–Kier alpha value is -3.45. The molecule has 0 amide bonds. The highest BCUT2D eigenvalue weighted by Gasteiger charge is 2.33. The van der Waals surface area contributed by atoms with Crippen LogP contribution in [0.25, 0.3) is 11.3 Å². The molecule has 30 heavy (non-hydrogen) atoms. The molecule has 0 spiro atoms. The lowest BCUT2D eigenvalue weighted by molar-refractivity contribution is -0.108. The number of ether oxygens (including phenoxy) is 1. The summed E-state index contributed by atoms with van der Waals surface area (Å²) >= 11 is 0. The average molecular weight is 424 g/mol. The molecule has 3 aromatic rings. The van der Waals surface area contributed by atoms with Crippen LogP contribution in [0.4, 0.5) is 4.39 Å². The fourth-order valence-corrected chi connectivity index (χ4v) is 4.09. The summed E-state index contributed by atoms with van der Waals surface area (Å²) in [6.07, 6.45) is 0.718. The minimum atomic E-state index is -2.55. The van der Waals surface area contributed by atoms with E-state index >= 15 is 0 Å². The molecule has 0 radical (unpaired) electrons. The number of phenolic OH excluding ortho intramolecular Hbond substituents is 1. The Morgan fingerprint density at radius 1 is 0.967 bits per heavy atom. The number of halogens is 1. The van der Waals surface area contributed by atoms with E-state index in [0.29, 0.717) is 39.3 Å². The summed E-state index contributed by atoms with van der Waals surface area (Å²) in [4.78, 5) is 12.1. The zero-order valence-electron chi connectivity index (χ0n) is 15.6. The van der Waals surface area contributed by atoms with Crippen LogP contribution in [0.15, 0.2) is 66.7 Å². The molecular weight excluding hydrogens is 407 g/mol. The number of allylic oxidation sites excluding steroid dienone is 1. The molecule has 7 heteroatoms. The maximum Gasteiger partial charge on any atom is 0.144 e. The number of carbonyl (C=O) groups is 1. The second-order valence-electron chi connectivity index (χ2n) is 6.84. The summed E-state index contributed by atoms with van der Waals surface area (Å²) in [6.45, 7) is 0. The van der Waals surface area contributed by atoms with Gasteiger partial charge in [-0.25, -0.2) is 12.8 Å². The lowest BCUT2D eigenvalue weighted by atomic mass is 9.83. The van der Waals surface area contributed by atoms with Crippen molar-refractivity contribution in [2.24, 2.45) is 0 Å². The fraction of sp³-hybridized carbons (Fsp3) is 0.0870. The van der Waals surface area contributed by atoms with Crippen molar-refractivity contribution < 1.29 is 27.4 Å². The van der Waals surface area contributed by atoms with Gasteiger partial charge < -0.3 is 14.6 Å². The van der Waals surface area contributed by atoms with Crippen molar-refractivity contribution in [3.05, 3.63) is 94.8 Å². The molecule has 1 unspecified atom stereocenters. The summed E-state index contributed by atoms with van der Waals surface area (Å²) in [5, 5.41) is 10.4. The highest BCUT2D eigenvalue weighted by molar-refractivity contribution is 7.71. The molecule has 1 atom stereocenters. The highest BCUT2D eigenvalue weighted by atomic mass is 32.2. The van der Waals surface area contributed by atoms with Gasteiger partial charge in [0.05, 0.1) is 17.2 Å². The maximum absolute atomic E-state index is 13.5. The monoisotopic (exact) mass is 424 g/mol. The van der Waals surface area contributed by atoms with E-state index in [-0.39, 0.29) is 11.5 Å². The predicted molar refractivity (Wildman–Crippen MR) is 111 cm³/mol. The molecule has 4 rings (SSSR count). The van der Waals surface area contributed by atoms with Crippen LogP contribution in [0.5, 0.6) is 11.5 Å². The predicted octanol–water partition coefficient (Wildman–Crippen LogP) is 3.89. The Labute approximate surface area is 174 Å². The van der Waals surface area contributed by atoms with E-state index in [1.165, 1.54) is 18.2 Å². The topological polar surface area (TPSA) is 80.7 Å². The largest absolute Gasteiger partial charge is 0.507 e. The van der Waals surface area contributed by atoms with Crippen LogP contribution in [0.2, 0.25) is 0 Å². The number of aromatic hydroxyl groups is 1. The van der Waals surface area contributed by atoms with Crippen molar-refractivity contribution in [2.75, 3.05) is 0 Å². The third kappa shape index (κ3) is 3.71. The van der Waals surface area contributed by atoms with Crippen LogP contribution in [0.3, 0.4) is 0 Å². The zero-order chi connectivity index (χ0) is 21.3. The lowest BCUT2D eigenvalue weighted by Gasteiger charge is -2.29. The van der Waals surface area contributed by atoms with E-state index in [1.54, 1.807) is 48.5 Å². The minimum Gasteiger partial charge on any atom is -0.507 e. The van der Waals surface area contributed by atoms with Gasteiger partial charge in [0.25, 0.3) is 0 Å². The Morgan fingerprint density at radius 3 is 2.27 bits per heavy atom. The van der Waals surface area contributed by atoms with E-state index in [4.69, 9.17) is 4.74 Å². The molecule has 152 valence electrons. The van der Waals surface area contributed by atoms with Crippen LogP contribution in [0, 0.1) is 5.82 Å². The summed E-state index contributed by atoms with van der Waals surface area (Å²) in [5.41, 5.74) is 2.65. The van der Waals surface area contributed by atoms with Crippen molar-refractivity contribution in [3.63, 3.8) is 0 Å². The molecule has 1 heterocycles. The first-order valence-corrected chi connectivity index (χ1v) is 10.5. The molecule has 0 bridgehead atoms. The van der Waals surface area contributed by atoms with Gasteiger partial charge in [0.1, 0.15) is 40.1 Å². The Morgan fingerprint density at radius 2 is 1.63 bits per heavy atom. The van der Waals surface area contributed by atoms with E-state index in [0.717, 1.165) is 6.29 Å². The molecule has 1 aliphatic rings. The fourth-order valence-electron chi connectivity index (χ4n) is 3.59. The van der Waals surface area contributed by atoms with E-state index in [1.807, 2.05) is 0 Å². The van der Waals surface area contributed by atoms with Gasteiger partial charge in [-0.15, -0.1) is 0 Å². The standard InChI is InChI=1S/C23H17FO5S/c24-17-10-8-15(9-11-17)21-18(12-25)22-19(26)2-1-3-20(22)29-23(21)16-6-4-14(5-7-16)13-30(27)28/h1-12,18,26,30H,13H2. The van der Waals surface area contributed by atoms with Gasteiger partial charge in [-0.2, -0.15) is 0 Å². The van der Waals surface area contributed by atoms with Crippen LogP contribution >= 0.6 is 0 Å². The SMILES string of the molecule is O=CC1C(c2ccc(F)cc2)=C(c2ccc(C[SH](=O)=O)cc2)Oc2cccc(O)c21. The molecule has 0 saturated heterocycles. The summed E-state index contributed by atoms with van der Waals surface area (Å²) in [6, 6.07) is 17.2. The number of aldehydes is 1. The molecule has 0 aromatic heterocycles. The number of fused-ring (bicyclic) bond motifs is 1. The smallest absolute Gasteiger partial charge is 0.144 e. The molecule has 1 N–H and O–H groups in total. The van der Waals surface area contributed by atoms with E-state index in [9.17, 15) is 22.7 Å². The number of carbonyl (C=O) groups excluding carboxylic acids is 1. The van der Waals surface area contributed by atoms with Crippen LogP contribution < -0.4 is 4.74 Å². The van der Waals surface area contributed by atoms with Crippen LogP contribution in [-0.4, -0.2) is 19.8 Å². The number of rotatable bonds is 5. The lowest BCUT2D eigenvalue weighted by Crippen LogP contribution is -2.16. The van der Waals surface area contributed by atoms with E-state index < -0.39 is 22.4 Å². The quantitative estimate of drug-likeness (QED) is 0.480. The van der Waals surface area contributed by atoms with Crippen molar-refractivity contribution in [3.8, 4) is 11.5 Å². The maximum atomic E-state index is 13.5. The number of thiol groups is 1. The summed E-state index contributed by atoms with van der Waals surface area (Å²) in [7, 11) is -2.55. The van der Waals surface area contributed by atoms with Gasteiger partial charge in [-0.1, -0.05) is 42.5 Å². The normalized spacial score (nSPS) is 15.6. The van der Waals surface area contributed by atoms with Gasteiger partial charge in [0.2, 0.25) is 0 Å². The number of phenols is 1. The second-order valence-corrected chi connectivity index (χ2v) is 7.82. The zero-order valence-corrected chi connectivity index (χ0v) is 16.5. The molecule has 5 nitrogen and oxygen atoms in total. The first kappa shape index (κ1) is 19.8. The van der Waals surface area contributed by atoms with Gasteiger partial charge in [0, 0.05) is 11.1 Å². The highest BCUT2D eigenvalue weighted by Crippen LogP contribution is 2.48. The Bertz CT molecular complexity index is 1200. The van der Waals surface area contributed by atoms with E-state index in [2.05, 4.69) is 0 Å². The van der Waals surface area contributed by atoms with Gasteiger partial charge in [-0.3, -0.25) is 0 Å². The number of benzene rings is 3. The van der Waals surface area contributed by atoms with Gasteiger partial charge in [-0.05, 0) is 35.4 Å². The molecule has 0 aliphatic carbocycles. The van der Waals surface area contributed by atoms with Crippen LogP contribution in [-0.2, 0) is 21.3 Å². The molecule has 0 saturated carbocycles. The molecular formula is C23H17FO5S. The summed E-state index contributed by atoms with van der Waals surface area (Å²) < 4.78 is 41.6. The van der Waals surface area contributed by atoms with Crippen molar-refractivity contribution >= 4 is 28.3 Å². The average Bonchev–Trinajstić information content (AvgIpc) is 2.73. The third-order valence-corrected chi connectivity index (χ3v) is 5.56. The number of hydrogen-bond acceptors (Lipinski definition) is 5. The first-order chi connectivity index (χ1) is 14.5. The third-order valence-electron chi connectivity index (χ3n) is 4.94. The van der Waals surface area contributed by atoms with Crippen molar-refractivity contribution in [1.82, 2.24) is 0 Å². The minimum absolute atomic E-state index is 0.0714. The molecule has 1 aliphatic heterocycles. The van der Waals surface area contributed by atoms with Crippen LogP contribution in [0.1, 0.15) is 28.2 Å².